The van der Waals surface area contributed by atoms with Gasteiger partial charge in [0, 0.05) is 22.7 Å². The molecule has 1 aromatic heterocycles. The molecule has 0 unspecified atom stereocenters. The largest absolute Gasteiger partial charge is 0.493 e. The van der Waals surface area contributed by atoms with Crippen molar-refractivity contribution >= 4 is 28.5 Å². The van der Waals surface area contributed by atoms with Gasteiger partial charge in [-0.1, -0.05) is 12.1 Å². The van der Waals surface area contributed by atoms with E-state index in [2.05, 4.69) is 10.3 Å². The molecule has 1 N–H and O–H groups in total. The van der Waals surface area contributed by atoms with Gasteiger partial charge in [0.1, 0.15) is 0 Å². The van der Waals surface area contributed by atoms with Crippen LogP contribution in [0.3, 0.4) is 0 Å². The van der Waals surface area contributed by atoms with Crippen LogP contribution in [-0.4, -0.2) is 25.1 Å². The molecule has 2 aromatic rings. The second-order valence-corrected chi connectivity index (χ2v) is 5.42. The summed E-state index contributed by atoms with van der Waals surface area (Å²) in [4.78, 5) is 17.0. The lowest BCUT2D eigenvalue weighted by Gasteiger charge is -2.09. The summed E-state index contributed by atoms with van der Waals surface area (Å²) >= 11 is 1.43. The molecule has 0 radical (unpaired) electrons. The molecule has 0 aliphatic heterocycles. The highest BCUT2D eigenvalue weighted by atomic mass is 32.1. The Bertz CT molecular complexity index is 665. The van der Waals surface area contributed by atoms with Crippen LogP contribution in [0.2, 0.25) is 0 Å². The standard InChI is InChI=1S/C15H16N2O3S/c1-10-9-16-15(21-10)17-13(18)8-7-11-5-4-6-12(19-2)14(11)20-3/h4-9H,1-3H3,(H,16,17,18)/b8-7+. The van der Waals surface area contributed by atoms with Crippen LogP contribution in [0.15, 0.2) is 30.5 Å². The minimum absolute atomic E-state index is 0.241. The molecule has 0 bridgehead atoms. The van der Waals surface area contributed by atoms with Gasteiger partial charge in [-0.2, -0.15) is 0 Å². The number of ether oxygens (including phenoxy) is 2. The number of amides is 1. The van der Waals surface area contributed by atoms with Crippen LogP contribution in [-0.2, 0) is 4.79 Å². The zero-order valence-electron chi connectivity index (χ0n) is 12.0. The molecule has 1 amide bonds. The topological polar surface area (TPSA) is 60.5 Å². The summed E-state index contributed by atoms with van der Waals surface area (Å²) in [6.45, 7) is 1.93. The molecule has 1 heterocycles. The maximum atomic E-state index is 11.8. The Kier molecular flexibility index (Phi) is 4.94. The molecule has 1 aromatic carbocycles. The normalized spacial score (nSPS) is 10.6. The fourth-order valence-corrected chi connectivity index (χ4v) is 2.44. The number of nitrogens with zero attached hydrogens (tertiary/aromatic N) is 1. The van der Waals surface area contributed by atoms with Crippen molar-refractivity contribution in [2.45, 2.75) is 6.92 Å². The summed E-state index contributed by atoms with van der Waals surface area (Å²) in [5.41, 5.74) is 0.766. The number of anilines is 1. The summed E-state index contributed by atoms with van der Waals surface area (Å²) in [5.74, 6) is 0.971. The zero-order chi connectivity index (χ0) is 15.2. The first-order chi connectivity index (χ1) is 10.1. The van der Waals surface area contributed by atoms with E-state index in [1.54, 1.807) is 32.6 Å². The number of aromatic nitrogens is 1. The molecule has 21 heavy (non-hydrogen) atoms. The molecular weight excluding hydrogens is 288 g/mol. The van der Waals surface area contributed by atoms with Gasteiger partial charge in [-0.15, -0.1) is 11.3 Å². The number of hydrogen-bond acceptors (Lipinski definition) is 5. The molecule has 0 fully saturated rings. The van der Waals surface area contributed by atoms with Gasteiger partial charge < -0.3 is 9.47 Å². The van der Waals surface area contributed by atoms with Gasteiger partial charge in [0.25, 0.3) is 0 Å². The van der Waals surface area contributed by atoms with Crippen molar-refractivity contribution < 1.29 is 14.3 Å². The second-order valence-electron chi connectivity index (χ2n) is 4.18. The van der Waals surface area contributed by atoms with E-state index in [1.165, 1.54) is 17.4 Å². The first kappa shape index (κ1) is 15.1. The van der Waals surface area contributed by atoms with Crippen molar-refractivity contribution in [2.24, 2.45) is 0 Å². The van der Waals surface area contributed by atoms with Crippen LogP contribution in [0.25, 0.3) is 6.08 Å². The Hall–Kier alpha value is -2.34. The van der Waals surface area contributed by atoms with Crippen molar-refractivity contribution in [3.8, 4) is 11.5 Å². The van der Waals surface area contributed by atoms with Gasteiger partial charge in [-0.3, -0.25) is 10.1 Å². The monoisotopic (exact) mass is 304 g/mol. The van der Waals surface area contributed by atoms with E-state index in [0.29, 0.717) is 16.6 Å². The number of carbonyl (C=O) groups excluding carboxylic acids is 1. The molecule has 0 atom stereocenters. The fourth-order valence-electron chi connectivity index (χ4n) is 1.77. The van der Waals surface area contributed by atoms with Crippen LogP contribution in [0.4, 0.5) is 5.13 Å². The zero-order valence-corrected chi connectivity index (χ0v) is 12.9. The Labute approximate surface area is 127 Å². The number of para-hydroxylation sites is 1. The maximum Gasteiger partial charge on any atom is 0.250 e. The number of carbonyl (C=O) groups is 1. The van der Waals surface area contributed by atoms with E-state index in [1.807, 2.05) is 19.1 Å². The van der Waals surface area contributed by atoms with Crippen LogP contribution >= 0.6 is 11.3 Å². The molecule has 0 spiro atoms. The van der Waals surface area contributed by atoms with Gasteiger partial charge in [-0.05, 0) is 19.1 Å². The Morgan fingerprint density at radius 3 is 2.76 bits per heavy atom. The second kappa shape index (κ2) is 6.90. The maximum absolute atomic E-state index is 11.8. The third-order valence-corrected chi connectivity index (χ3v) is 3.53. The van der Waals surface area contributed by atoms with Gasteiger partial charge in [0.15, 0.2) is 16.6 Å². The highest BCUT2D eigenvalue weighted by Crippen LogP contribution is 2.31. The summed E-state index contributed by atoms with van der Waals surface area (Å²) in [5, 5.41) is 3.29. The number of methoxy groups -OCH3 is 2. The van der Waals surface area contributed by atoms with Gasteiger partial charge in [0.2, 0.25) is 5.91 Å². The van der Waals surface area contributed by atoms with E-state index in [-0.39, 0.29) is 5.91 Å². The molecule has 6 heteroatoms. The van der Waals surface area contributed by atoms with Crippen molar-refractivity contribution in [3.05, 3.63) is 40.9 Å². The molecule has 0 saturated carbocycles. The summed E-state index contributed by atoms with van der Waals surface area (Å²) in [6.07, 6.45) is 4.83. The number of nitrogens with one attached hydrogen (secondary N) is 1. The van der Waals surface area contributed by atoms with Crippen molar-refractivity contribution in [3.63, 3.8) is 0 Å². The van der Waals surface area contributed by atoms with Crippen LogP contribution in [0.5, 0.6) is 11.5 Å². The Balaban J connectivity index is 2.12. The summed E-state index contributed by atoms with van der Waals surface area (Å²) in [6, 6.07) is 5.48. The van der Waals surface area contributed by atoms with Crippen LogP contribution in [0, 0.1) is 6.92 Å². The number of hydrogen-bond donors (Lipinski definition) is 1. The lowest BCUT2D eigenvalue weighted by molar-refractivity contribution is -0.111. The third kappa shape index (κ3) is 3.82. The highest BCUT2D eigenvalue weighted by Gasteiger charge is 2.07. The molecule has 2 rings (SSSR count). The van der Waals surface area contributed by atoms with E-state index in [0.717, 1.165) is 10.4 Å². The lowest BCUT2D eigenvalue weighted by Crippen LogP contribution is -2.07. The minimum atomic E-state index is -0.241. The summed E-state index contributed by atoms with van der Waals surface area (Å²) < 4.78 is 10.5. The van der Waals surface area contributed by atoms with E-state index in [9.17, 15) is 4.79 Å². The molecule has 0 aliphatic rings. The Morgan fingerprint density at radius 2 is 2.14 bits per heavy atom. The predicted molar refractivity (Wildman–Crippen MR) is 84.1 cm³/mol. The number of rotatable bonds is 5. The van der Waals surface area contributed by atoms with Crippen LogP contribution in [0.1, 0.15) is 10.4 Å². The third-order valence-electron chi connectivity index (χ3n) is 2.70. The number of benzene rings is 1. The molecular formula is C15H16N2O3S. The van der Waals surface area contributed by atoms with Crippen molar-refractivity contribution in [1.82, 2.24) is 4.98 Å². The number of aryl methyl sites for hydroxylation is 1. The van der Waals surface area contributed by atoms with Crippen LogP contribution < -0.4 is 14.8 Å². The number of thiazole rings is 1. The average Bonchev–Trinajstić information content (AvgIpc) is 2.89. The highest BCUT2D eigenvalue weighted by molar-refractivity contribution is 7.15. The summed E-state index contributed by atoms with van der Waals surface area (Å²) in [7, 11) is 3.14. The van der Waals surface area contributed by atoms with Crippen molar-refractivity contribution in [2.75, 3.05) is 19.5 Å². The average molecular weight is 304 g/mol. The van der Waals surface area contributed by atoms with Crippen molar-refractivity contribution in [1.29, 1.82) is 0 Å². The fraction of sp³-hybridized carbons (Fsp3) is 0.200. The molecule has 0 aliphatic carbocycles. The molecule has 110 valence electrons. The van der Waals surface area contributed by atoms with E-state index in [4.69, 9.17) is 9.47 Å². The van der Waals surface area contributed by atoms with Gasteiger partial charge in [-0.25, -0.2) is 4.98 Å². The quantitative estimate of drug-likeness (QED) is 0.862. The van der Waals surface area contributed by atoms with E-state index < -0.39 is 0 Å². The first-order valence-corrected chi connectivity index (χ1v) is 7.08. The van der Waals surface area contributed by atoms with Gasteiger partial charge in [0.05, 0.1) is 14.2 Å². The minimum Gasteiger partial charge on any atom is -0.493 e. The SMILES string of the molecule is COc1cccc(/C=C/C(=O)Nc2ncc(C)s2)c1OC. The first-order valence-electron chi connectivity index (χ1n) is 6.26. The molecule has 5 nitrogen and oxygen atoms in total. The lowest BCUT2D eigenvalue weighted by atomic mass is 10.1. The predicted octanol–water partition coefficient (Wildman–Crippen LogP) is 3.12. The molecule has 0 saturated heterocycles. The smallest absolute Gasteiger partial charge is 0.250 e. The van der Waals surface area contributed by atoms with Gasteiger partial charge >= 0.3 is 0 Å². The Morgan fingerprint density at radius 1 is 1.33 bits per heavy atom. The van der Waals surface area contributed by atoms with E-state index >= 15 is 0 Å².